The summed E-state index contributed by atoms with van der Waals surface area (Å²) in [6.45, 7) is 4.53. The van der Waals surface area contributed by atoms with Gasteiger partial charge in [0.25, 0.3) is 0 Å². The molecule has 1 saturated heterocycles. The van der Waals surface area contributed by atoms with Gasteiger partial charge in [-0.3, -0.25) is 0 Å². The lowest BCUT2D eigenvalue weighted by Crippen LogP contribution is -2.53. The number of rotatable bonds is 0. The predicted molar refractivity (Wildman–Crippen MR) is 43.2 cm³/mol. The minimum atomic E-state index is -0.301. The van der Waals surface area contributed by atoms with Crippen molar-refractivity contribution in [2.24, 2.45) is 5.73 Å². The number of nitrogens with two attached hydrogens (primary N) is 1. The van der Waals surface area contributed by atoms with Gasteiger partial charge >= 0.3 is 6.03 Å². The van der Waals surface area contributed by atoms with E-state index in [4.69, 9.17) is 5.73 Å². The normalized spacial score (nSPS) is 27.1. The Bertz CT molecular complexity index is 160. The van der Waals surface area contributed by atoms with Crippen LogP contribution >= 0.6 is 0 Å². The van der Waals surface area contributed by atoms with Gasteiger partial charge in [0.05, 0.1) is 0 Å². The summed E-state index contributed by atoms with van der Waals surface area (Å²) in [5, 5.41) is 0. The number of nitrogens with zero attached hydrogens (tertiary/aromatic N) is 2. The zero-order chi connectivity index (χ0) is 8.43. The molecule has 1 aliphatic rings. The number of urea groups is 1. The smallest absolute Gasteiger partial charge is 0.314 e. The number of carbonyl (C=O) groups excluding carboxylic acids is 1. The zero-order valence-corrected chi connectivity index (χ0v) is 7.08. The molecule has 64 valence electrons. The van der Waals surface area contributed by atoms with Gasteiger partial charge in [-0.1, -0.05) is 0 Å². The fourth-order valence-corrected chi connectivity index (χ4v) is 1.25. The summed E-state index contributed by atoms with van der Waals surface area (Å²) in [7, 11) is 2.06. The Kier molecular flexibility index (Phi) is 2.34. The Morgan fingerprint density at radius 3 is 2.64 bits per heavy atom. The van der Waals surface area contributed by atoms with Gasteiger partial charge in [0.1, 0.15) is 0 Å². The van der Waals surface area contributed by atoms with E-state index in [0.717, 1.165) is 19.6 Å². The van der Waals surface area contributed by atoms with Gasteiger partial charge in [-0.05, 0) is 14.0 Å². The molecule has 0 saturated carbocycles. The van der Waals surface area contributed by atoms with Crippen molar-refractivity contribution in [2.45, 2.75) is 13.0 Å². The maximum Gasteiger partial charge on any atom is 0.314 e. The van der Waals surface area contributed by atoms with Gasteiger partial charge in [-0.25, -0.2) is 4.79 Å². The van der Waals surface area contributed by atoms with Crippen LogP contribution in [0.1, 0.15) is 6.92 Å². The molecule has 1 unspecified atom stereocenters. The molecule has 1 fully saturated rings. The molecule has 4 nitrogen and oxygen atoms in total. The molecule has 1 aliphatic heterocycles. The summed E-state index contributed by atoms with van der Waals surface area (Å²) < 4.78 is 0. The molecule has 11 heavy (non-hydrogen) atoms. The van der Waals surface area contributed by atoms with E-state index >= 15 is 0 Å². The average molecular weight is 157 g/mol. The lowest BCUT2D eigenvalue weighted by Gasteiger charge is -2.36. The van der Waals surface area contributed by atoms with Gasteiger partial charge in [0.2, 0.25) is 0 Å². The molecule has 2 amide bonds. The second-order valence-corrected chi connectivity index (χ2v) is 3.11. The van der Waals surface area contributed by atoms with Gasteiger partial charge in [0, 0.05) is 25.7 Å². The number of piperazine rings is 1. The Labute approximate surface area is 66.9 Å². The standard InChI is InChI=1S/C7H15N3O/c1-6-5-10(7(8)11)4-3-9(6)2/h6H,3-5H2,1-2H3,(H2,8,11). The van der Waals surface area contributed by atoms with E-state index in [-0.39, 0.29) is 6.03 Å². The second kappa shape index (κ2) is 3.09. The van der Waals surface area contributed by atoms with Crippen LogP contribution in [0.5, 0.6) is 0 Å². The second-order valence-electron chi connectivity index (χ2n) is 3.11. The predicted octanol–water partition coefficient (Wildman–Crippen LogP) is -0.299. The SMILES string of the molecule is CC1CN(C(N)=O)CCN1C. The van der Waals surface area contributed by atoms with E-state index in [0.29, 0.717) is 6.04 Å². The Hall–Kier alpha value is -0.770. The monoisotopic (exact) mass is 157 g/mol. The molecule has 2 N–H and O–H groups in total. The van der Waals surface area contributed by atoms with Crippen molar-refractivity contribution in [3.63, 3.8) is 0 Å². The summed E-state index contributed by atoms with van der Waals surface area (Å²) in [5.41, 5.74) is 5.14. The molecule has 1 rings (SSSR count). The van der Waals surface area contributed by atoms with Crippen molar-refractivity contribution < 1.29 is 4.79 Å². The molecule has 1 atom stereocenters. The first-order chi connectivity index (χ1) is 5.11. The quantitative estimate of drug-likeness (QED) is 0.525. The van der Waals surface area contributed by atoms with Crippen molar-refractivity contribution in [3.8, 4) is 0 Å². The van der Waals surface area contributed by atoms with Gasteiger partial charge in [-0.2, -0.15) is 0 Å². The number of carbonyl (C=O) groups is 1. The third-order valence-corrected chi connectivity index (χ3v) is 2.27. The first kappa shape index (κ1) is 8.33. The Morgan fingerprint density at radius 2 is 2.18 bits per heavy atom. The average Bonchev–Trinajstić information content (AvgIpc) is 1.94. The number of hydrogen-bond donors (Lipinski definition) is 1. The zero-order valence-electron chi connectivity index (χ0n) is 7.08. The molecule has 0 aromatic rings. The minimum absolute atomic E-state index is 0.301. The number of hydrogen-bond acceptors (Lipinski definition) is 2. The van der Waals surface area contributed by atoms with Crippen LogP contribution in [0.15, 0.2) is 0 Å². The van der Waals surface area contributed by atoms with E-state index in [1.165, 1.54) is 0 Å². The molecule has 4 heteroatoms. The fraction of sp³-hybridized carbons (Fsp3) is 0.857. The lowest BCUT2D eigenvalue weighted by molar-refractivity contribution is 0.123. The molecule has 0 spiro atoms. The lowest BCUT2D eigenvalue weighted by atomic mass is 10.2. The van der Waals surface area contributed by atoms with Crippen LogP contribution < -0.4 is 5.73 Å². The van der Waals surface area contributed by atoms with Crippen LogP contribution in [0.3, 0.4) is 0 Å². The van der Waals surface area contributed by atoms with Crippen LogP contribution in [0.2, 0.25) is 0 Å². The van der Waals surface area contributed by atoms with Crippen molar-refractivity contribution >= 4 is 6.03 Å². The van der Waals surface area contributed by atoms with E-state index < -0.39 is 0 Å². The van der Waals surface area contributed by atoms with Crippen molar-refractivity contribution in [2.75, 3.05) is 26.7 Å². The molecule has 0 aromatic heterocycles. The largest absolute Gasteiger partial charge is 0.351 e. The van der Waals surface area contributed by atoms with Crippen LogP contribution in [-0.4, -0.2) is 48.6 Å². The van der Waals surface area contributed by atoms with Crippen LogP contribution in [0.4, 0.5) is 4.79 Å². The topological polar surface area (TPSA) is 49.6 Å². The van der Waals surface area contributed by atoms with Crippen molar-refractivity contribution in [1.82, 2.24) is 9.80 Å². The van der Waals surface area contributed by atoms with E-state index in [1.54, 1.807) is 4.90 Å². The van der Waals surface area contributed by atoms with E-state index in [1.807, 2.05) is 0 Å². The molecular formula is C7H15N3O. The Morgan fingerprint density at radius 1 is 1.55 bits per heavy atom. The van der Waals surface area contributed by atoms with Crippen LogP contribution in [0.25, 0.3) is 0 Å². The highest BCUT2D eigenvalue weighted by atomic mass is 16.2. The molecular weight excluding hydrogens is 142 g/mol. The fourth-order valence-electron chi connectivity index (χ4n) is 1.25. The maximum absolute atomic E-state index is 10.7. The molecule has 0 radical (unpaired) electrons. The van der Waals surface area contributed by atoms with Gasteiger partial charge in [-0.15, -0.1) is 0 Å². The molecule has 0 aliphatic carbocycles. The molecule has 0 bridgehead atoms. The number of primary amides is 1. The summed E-state index contributed by atoms with van der Waals surface area (Å²) in [6, 6.07) is 0.126. The highest BCUT2D eigenvalue weighted by Gasteiger charge is 2.22. The summed E-state index contributed by atoms with van der Waals surface area (Å²) in [4.78, 5) is 14.6. The van der Waals surface area contributed by atoms with E-state index in [9.17, 15) is 4.79 Å². The van der Waals surface area contributed by atoms with Crippen LogP contribution in [0, 0.1) is 0 Å². The van der Waals surface area contributed by atoms with Crippen molar-refractivity contribution in [3.05, 3.63) is 0 Å². The first-order valence-corrected chi connectivity index (χ1v) is 3.86. The first-order valence-electron chi connectivity index (χ1n) is 3.86. The molecule has 1 heterocycles. The Balaban J connectivity index is 2.46. The van der Waals surface area contributed by atoms with Gasteiger partial charge < -0.3 is 15.5 Å². The number of amides is 2. The summed E-state index contributed by atoms with van der Waals surface area (Å²) >= 11 is 0. The third kappa shape index (κ3) is 1.83. The van der Waals surface area contributed by atoms with Gasteiger partial charge in [0.15, 0.2) is 0 Å². The van der Waals surface area contributed by atoms with Crippen LogP contribution in [-0.2, 0) is 0 Å². The minimum Gasteiger partial charge on any atom is -0.351 e. The maximum atomic E-state index is 10.7. The highest BCUT2D eigenvalue weighted by Crippen LogP contribution is 2.05. The number of likely N-dealkylation sites (N-methyl/N-ethyl adjacent to an activating group) is 1. The van der Waals surface area contributed by atoms with E-state index in [2.05, 4.69) is 18.9 Å². The third-order valence-electron chi connectivity index (χ3n) is 2.27. The highest BCUT2D eigenvalue weighted by molar-refractivity contribution is 5.72. The molecule has 0 aromatic carbocycles. The van der Waals surface area contributed by atoms with Crippen molar-refractivity contribution in [1.29, 1.82) is 0 Å². The summed E-state index contributed by atoms with van der Waals surface area (Å²) in [6.07, 6.45) is 0. The summed E-state index contributed by atoms with van der Waals surface area (Å²) in [5.74, 6) is 0.